The Balaban J connectivity index is 2.25. The molecule has 0 unspecified atom stereocenters. The molecule has 2 aliphatic heterocycles. The Kier molecular flexibility index (Phi) is 2.56. The molecule has 1 saturated heterocycles. The fraction of sp³-hybridized carbons (Fsp3) is 0.231. The summed E-state index contributed by atoms with van der Waals surface area (Å²) in [6.45, 7) is 0. The van der Waals surface area contributed by atoms with Gasteiger partial charge in [-0.2, -0.15) is 0 Å². The second-order valence-corrected chi connectivity index (χ2v) is 6.65. The summed E-state index contributed by atoms with van der Waals surface area (Å²) >= 11 is 0. The van der Waals surface area contributed by atoms with E-state index >= 15 is 0 Å². The van der Waals surface area contributed by atoms with Gasteiger partial charge in [0, 0.05) is 5.57 Å². The number of imide groups is 1. The van der Waals surface area contributed by atoms with Crippen LogP contribution in [0.5, 0.6) is 0 Å². The van der Waals surface area contributed by atoms with Crippen molar-refractivity contribution >= 4 is 27.2 Å². The quantitative estimate of drug-likeness (QED) is 0.558. The normalized spacial score (nSPS) is 25.1. The van der Waals surface area contributed by atoms with Crippen LogP contribution in [0.3, 0.4) is 0 Å². The molecule has 2 heterocycles. The summed E-state index contributed by atoms with van der Waals surface area (Å²) in [4.78, 5) is 23.2. The van der Waals surface area contributed by atoms with Crippen LogP contribution < -0.4 is 5.32 Å². The van der Waals surface area contributed by atoms with Gasteiger partial charge >= 0.3 is 0 Å². The van der Waals surface area contributed by atoms with Gasteiger partial charge in [0.1, 0.15) is 0 Å². The summed E-state index contributed by atoms with van der Waals surface area (Å²) < 4.78 is 24.0. The van der Waals surface area contributed by atoms with Crippen molar-refractivity contribution in [3.8, 4) is 0 Å². The number of carbonyl (C=O) groups excluding carboxylic acids is 2. The Labute approximate surface area is 110 Å². The van der Waals surface area contributed by atoms with E-state index in [1.807, 2.05) is 0 Å². The SMILES string of the molecule is O=C1C/C(=C2/CCS(=O)(=O)c3ccccc32)C(=O)N1. The number of rotatable bonds is 0. The van der Waals surface area contributed by atoms with E-state index in [2.05, 4.69) is 5.32 Å². The first-order chi connectivity index (χ1) is 8.99. The number of hydrogen-bond donors (Lipinski definition) is 1. The van der Waals surface area contributed by atoms with Crippen LogP contribution in [0.25, 0.3) is 5.57 Å². The molecule has 2 aliphatic rings. The third kappa shape index (κ3) is 1.88. The smallest absolute Gasteiger partial charge is 0.254 e. The highest BCUT2D eigenvalue weighted by Gasteiger charge is 2.33. The van der Waals surface area contributed by atoms with Gasteiger partial charge in [0.2, 0.25) is 5.91 Å². The average molecular weight is 277 g/mol. The van der Waals surface area contributed by atoms with Gasteiger partial charge in [0.15, 0.2) is 9.84 Å². The molecule has 1 aromatic carbocycles. The maximum Gasteiger partial charge on any atom is 0.254 e. The van der Waals surface area contributed by atoms with Crippen molar-refractivity contribution < 1.29 is 18.0 Å². The van der Waals surface area contributed by atoms with Crippen molar-refractivity contribution in [2.75, 3.05) is 5.75 Å². The van der Waals surface area contributed by atoms with Gasteiger partial charge in [-0.05, 0) is 23.6 Å². The van der Waals surface area contributed by atoms with Crippen molar-refractivity contribution in [3.05, 3.63) is 35.4 Å². The second-order valence-electron chi connectivity index (χ2n) is 4.58. The lowest BCUT2D eigenvalue weighted by molar-refractivity contribution is -0.124. The van der Waals surface area contributed by atoms with Crippen LogP contribution in [0.4, 0.5) is 0 Å². The molecular weight excluding hydrogens is 266 g/mol. The number of nitrogens with one attached hydrogen (secondary N) is 1. The van der Waals surface area contributed by atoms with E-state index in [0.29, 0.717) is 16.7 Å². The fourth-order valence-electron chi connectivity index (χ4n) is 2.51. The molecular formula is C13H11NO4S. The van der Waals surface area contributed by atoms with Gasteiger partial charge in [0.05, 0.1) is 17.1 Å². The maximum absolute atomic E-state index is 12.0. The standard InChI is InChI=1S/C13H11NO4S/c15-12-7-10(13(16)14-12)8-5-6-19(17,18)11-4-2-1-3-9(8)11/h1-4H,5-7H2,(H,14,15,16)/b10-8+. The summed E-state index contributed by atoms with van der Waals surface area (Å²) in [6.07, 6.45) is 0.304. The molecule has 1 aromatic rings. The van der Waals surface area contributed by atoms with Crippen LogP contribution in [0, 0.1) is 0 Å². The molecule has 5 nitrogen and oxygen atoms in total. The highest BCUT2D eigenvalue weighted by molar-refractivity contribution is 7.91. The molecule has 6 heteroatoms. The molecule has 1 fully saturated rings. The Morgan fingerprint density at radius 3 is 2.47 bits per heavy atom. The van der Waals surface area contributed by atoms with Gasteiger partial charge < -0.3 is 0 Å². The predicted octanol–water partition coefficient (Wildman–Crippen LogP) is 0.664. The molecule has 0 spiro atoms. The maximum atomic E-state index is 12.0. The van der Waals surface area contributed by atoms with Gasteiger partial charge in [-0.3, -0.25) is 14.9 Å². The highest BCUT2D eigenvalue weighted by atomic mass is 32.2. The van der Waals surface area contributed by atoms with E-state index in [-0.39, 0.29) is 29.4 Å². The molecule has 1 N–H and O–H groups in total. The van der Waals surface area contributed by atoms with E-state index in [1.54, 1.807) is 24.3 Å². The third-order valence-corrected chi connectivity index (χ3v) is 5.16. The molecule has 0 aromatic heterocycles. The number of carbonyl (C=O) groups is 2. The minimum Gasteiger partial charge on any atom is -0.292 e. The zero-order valence-corrected chi connectivity index (χ0v) is 10.8. The summed E-state index contributed by atoms with van der Waals surface area (Å²) in [5.74, 6) is -0.767. The van der Waals surface area contributed by atoms with E-state index in [9.17, 15) is 18.0 Å². The number of amides is 2. The first kappa shape index (κ1) is 12.1. The molecule has 2 amide bonds. The minimum absolute atomic E-state index is 0.0235. The largest absolute Gasteiger partial charge is 0.292 e. The number of hydrogen-bond acceptors (Lipinski definition) is 4. The van der Waals surface area contributed by atoms with Crippen molar-refractivity contribution in [2.24, 2.45) is 0 Å². The average Bonchev–Trinajstić information content (AvgIpc) is 2.69. The van der Waals surface area contributed by atoms with Crippen molar-refractivity contribution in [2.45, 2.75) is 17.7 Å². The first-order valence-corrected chi connectivity index (χ1v) is 7.52. The zero-order valence-electron chi connectivity index (χ0n) is 9.97. The van der Waals surface area contributed by atoms with Crippen molar-refractivity contribution in [1.82, 2.24) is 5.32 Å². The Hall–Kier alpha value is -1.95. The van der Waals surface area contributed by atoms with Crippen LogP contribution in [-0.2, 0) is 19.4 Å². The summed E-state index contributed by atoms with van der Waals surface area (Å²) in [5, 5.41) is 2.23. The lowest BCUT2D eigenvalue weighted by Crippen LogP contribution is -2.21. The van der Waals surface area contributed by atoms with Gasteiger partial charge in [-0.25, -0.2) is 8.42 Å². The van der Waals surface area contributed by atoms with E-state index in [0.717, 1.165) is 0 Å². The summed E-state index contributed by atoms with van der Waals surface area (Å²) in [7, 11) is -3.29. The van der Waals surface area contributed by atoms with Crippen LogP contribution in [-0.4, -0.2) is 26.0 Å². The topological polar surface area (TPSA) is 80.3 Å². The number of benzene rings is 1. The molecule has 0 aliphatic carbocycles. The van der Waals surface area contributed by atoms with Crippen molar-refractivity contribution in [3.63, 3.8) is 0 Å². The number of fused-ring (bicyclic) bond motifs is 1. The van der Waals surface area contributed by atoms with Crippen LogP contribution in [0.15, 0.2) is 34.7 Å². The van der Waals surface area contributed by atoms with Crippen LogP contribution in [0.2, 0.25) is 0 Å². The Morgan fingerprint density at radius 2 is 1.79 bits per heavy atom. The van der Waals surface area contributed by atoms with Gasteiger partial charge in [-0.15, -0.1) is 0 Å². The van der Waals surface area contributed by atoms with Gasteiger partial charge in [-0.1, -0.05) is 18.2 Å². The molecule has 19 heavy (non-hydrogen) atoms. The van der Waals surface area contributed by atoms with E-state index in [4.69, 9.17) is 0 Å². The monoisotopic (exact) mass is 277 g/mol. The highest BCUT2D eigenvalue weighted by Crippen LogP contribution is 2.36. The van der Waals surface area contributed by atoms with Gasteiger partial charge in [0.25, 0.3) is 5.91 Å². The third-order valence-electron chi connectivity index (χ3n) is 3.40. The van der Waals surface area contributed by atoms with E-state index in [1.165, 1.54) is 0 Å². The summed E-state index contributed by atoms with van der Waals surface area (Å²) in [6, 6.07) is 6.61. The second kappa shape index (κ2) is 4.03. The minimum atomic E-state index is -3.29. The molecule has 0 radical (unpaired) electrons. The summed E-state index contributed by atoms with van der Waals surface area (Å²) in [5.41, 5.74) is 1.62. The molecule has 0 atom stereocenters. The fourth-order valence-corrected chi connectivity index (χ4v) is 4.02. The van der Waals surface area contributed by atoms with Crippen LogP contribution >= 0.6 is 0 Å². The lowest BCUT2D eigenvalue weighted by atomic mass is 9.96. The molecule has 3 rings (SSSR count). The Bertz CT molecular complexity index is 731. The van der Waals surface area contributed by atoms with Crippen molar-refractivity contribution in [1.29, 1.82) is 0 Å². The number of sulfone groups is 1. The lowest BCUT2D eigenvalue weighted by Gasteiger charge is -2.20. The molecule has 0 bridgehead atoms. The Morgan fingerprint density at radius 1 is 1.05 bits per heavy atom. The molecule has 98 valence electrons. The first-order valence-electron chi connectivity index (χ1n) is 5.87. The van der Waals surface area contributed by atoms with Crippen LogP contribution in [0.1, 0.15) is 18.4 Å². The van der Waals surface area contributed by atoms with E-state index < -0.39 is 15.7 Å². The zero-order chi connectivity index (χ0) is 13.6. The predicted molar refractivity (Wildman–Crippen MR) is 67.8 cm³/mol. The number of allylic oxidation sites excluding steroid dienone is 1. The molecule has 0 saturated carbocycles.